The van der Waals surface area contributed by atoms with Gasteiger partial charge in [0.25, 0.3) is 0 Å². The van der Waals surface area contributed by atoms with Gasteiger partial charge in [-0.2, -0.15) is 0 Å². The standard InChI is InChI=1S/C12H28Si/c1-9(2)12(7,8)13(10(3)4)11(5)6/h9-11,13H,1-8H3. The summed E-state index contributed by atoms with van der Waals surface area (Å²) in [5.41, 5.74) is 1.86. The fourth-order valence-electron chi connectivity index (χ4n) is 2.87. The molecule has 0 aromatic heterocycles. The maximum absolute atomic E-state index is 2.48. The van der Waals surface area contributed by atoms with Crippen LogP contribution in [-0.4, -0.2) is 8.80 Å². The second-order valence-corrected chi connectivity index (χ2v) is 11.2. The molecule has 0 saturated carbocycles. The first kappa shape index (κ1) is 13.2. The van der Waals surface area contributed by atoms with Crippen molar-refractivity contribution < 1.29 is 0 Å². The topological polar surface area (TPSA) is 0 Å². The fraction of sp³-hybridized carbons (Fsp3) is 1.00. The van der Waals surface area contributed by atoms with Crippen molar-refractivity contribution in [1.29, 1.82) is 0 Å². The molecule has 0 aliphatic rings. The molecule has 0 bridgehead atoms. The lowest BCUT2D eigenvalue weighted by molar-refractivity contribution is 0.454. The predicted octanol–water partition coefficient (Wildman–Crippen LogP) is 4.47. The molecule has 0 N–H and O–H groups in total. The van der Waals surface area contributed by atoms with E-state index >= 15 is 0 Å². The molecule has 0 saturated heterocycles. The van der Waals surface area contributed by atoms with Crippen LogP contribution in [0.3, 0.4) is 0 Å². The SMILES string of the molecule is CC(C)[SiH](C(C)C)C(C)(C)C(C)C. The molecule has 0 aliphatic heterocycles. The van der Waals surface area contributed by atoms with Crippen molar-refractivity contribution in [3.63, 3.8) is 0 Å². The zero-order chi connectivity index (χ0) is 10.8. The van der Waals surface area contributed by atoms with E-state index in [9.17, 15) is 0 Å². The summed E-state index contributed by atoms with van der Waals surface area (Å²) >= 11 is 0. The predicted molar refractivity (Wildman–Crippen MR) is 66.2 cm³/mol. The first-order chi connectivity index (χ1) is 5.71. The van der Waals surface area contributed by atoms with Crippen LogP contribution in [0.5, 0.6) is 0 Å². The van der Waals surface area contributed by atoms with Gasteiger partial charge in [-0.3, -0.25) is 0 Å². The Balaban J connectivity index is 4.73. The van der Waals surface area contributed by atoms with Gasteiger partial charge in [-0.15, -0.1) is 0 Å². The second-order valence-electron chi connectivity index (χ2n) is 5.99. The van der Waals surface area contributed by atoms with Crippen molar-refractivity contribution in [1.82, 2.24) is 0 Å². The van der Waals surface area contributed by atoms with Crippen LogP contribution < -0.4 is 0 Å². The summed E-state index contributed by atoms with van der Waals surface area (Å²) in [6.45, 7) is 19.4. The minimum Gasteiger partial charge on any atom is -0.0654 e. The molecule has 0 heterocycles. The first-order valence-corrected chi connectivity index (χ1v) is 7.62. The molecule has 0 rings (SSSR count). The highest BCUT2D eigenvalue weighted by atomic mass is 28.3. The van der Waals surface area contributed by atoms with Crippen molar-refractivity contribution in [2.75, 3.05) is 0 Å². The van der Waals surface area contributed by atoms with Gasteiger partial charge in [-0.1, -0.05) is 66.5 Å². The summed E-state index contributed by atoms with van der Waals surface area (Å²) < 4.78 is 0. The van der Waals surface area contributed by atoms with Crippen LogP contribution in [0.4, 0.5) is 0 Å². The van der Waals surface area contributed by atoms with E-state index in [0.29, 0.717) is 5.04 Å². The van der Waals surface area contributed by atoms with Gasteiger partial charge in [-0.05, 0) is 11.0 Å². The molecule has 0 amide bonds. The van der Waals surface area contributed by atoms with Gasteiger partial charge in [-0.25, -0.2) is 0 Å². The average Bonchev–Trinajstić information content (AvgIpc) is 1.82. The number of rotatable bonds is 4. The van der Waals surface area contributed by atoms with Gasteiger partial charge in [0.05, 0.1) is 0 Å². The van der Waals surface area contributed by atoms with E-state index in [4.69, 9.17) is 0 Å². The van der Waals surface area contributed by atoms with Crippen molar-refractivity contribution >= 4 is 8.80 Å². The second kappa shape index (κ2) is 4.63. The zero-order valence-electron chi connectivity index (χ0n) is 10.8. The van der Waals surface area contributed by atoms with E-state index < -0.39 is 8.80 Å². The highest BCUT2D eigenvalue weighted by Crippen LogP contribution is 2.46. The van der Waals surface area contributed by atoms with Gasteiger partial charge >= 0.3 is 0 Å². The third kappa shape index (κ3) is 3.12. The highest BCUT2D eigenvalue weighted by Gasteiger charge is 2.37. The summed E-state index contributed by atoms with van der Waals surface area (Å²) in [7, 11) is -0.647. The van der Waals surface area contributed by atoms with Gasteiger partial charge < -0.3 is 0 Å². The van der Waals surface area contributed by atoms with E-state index in [1.165, 1.54) is 0 Å². The molecule has 0 radical (unpaired) electrons. The van der Waals surface area contributed by atoms with Crippen molar-refractivity contribution in [3.8, 4) is 0 Å². The van der Waals surface area contributed by atoms with E-state index in [0.717, 1.165) is 17.0 Å². The Kier molecular flexibility index (Phi) is 4.71. The Morgan fingerprint density at radius 2 is 1.08 bits per heavy atom. The van der Waals surface area contributed by atoms with Crippen LogP contribution >= 0.6 is 0 Å². The Morgan fingerprint density at radius 1 is 0.769 bits per heavy atom. The summed E-state index contributed by atoms with van der Waals surface area (Å²) in [6, 6.07) is 0. The number of hydrogen-bond donors (Lipinski definition) is 0. The van der Waals surface area contributed by atoms with Crippen LogP contribution in [0.15, 0.2) is 0 Å². The molecule has 0 nitrogen and oxygen atoms in total. The fourth-order valence-corrected chi connectivity index (χ4v) is 8.62. The van der Waals surface area contributed by atoms with Crippen LogP contribution in [-0.2, 0) is 0 Å². The zero-order valence-corrected chi connectivity index (χ0v) is 12.0. The van der Waals surface area contributed by atoms with Crippen molar-refractivity contribution in [2.24, 2.45) is 5.92 Å². The normalized spacial score (nSPS) is 13.8. The molecule has 13 heavy (non-hydrogen) atoms. The molecular formula is C12H28Si. The summed E-state index contributed by atoms with van der Waals surface area (Å²) in [4.78, 5) is 0. The van der Waals surface area contributed by atoms with Gasteiger partial charge in [0, 0.05) is 8.80 Å². The van der Waals surface area contributed by atoms with Crippen LogP contribution in [0.2, 0.25) is 16.1 Å². The van der Waals surface area contributed by atoms with E-state index in [1.807, 2.05) is 0 Å². The lowest BCUT2D eigenvalue weighted by Gasteiger charge is -2.42. The summed E-state index contributed by atoms with van der Waals surface area (Å²) in [5.74, 6) is 0.828. The third-order valence-corrected chi connectivity index (χ3v) is 9.04. The Labute approximate surface area is 86.7 Å². The van der Waals surface area contributed by atoms with Gasteiger partial charge in [0.2, 0.25) is 0 Å². The van der Waals surface area contributed by atoms with E-state index in [2.05, 4.69) is 55.4 Å². The molecule has 1 heteroatoms. The van der Waals surface area contributed by atoms with Crippen LogP contribution in [0.25, 0.3) is 0 Å². The molecule has 0 aromatic carbocycles. The van der Waals surface area contributed by atoms with Crippen LogP contribution in [0, 0.1) is 5.92 Å². The Bertz CT molecular complexity index is 137. The molecular weight excluding hydrogens is 172 g/mol. The molecule has 80 valence electrons. The smallest absolute Gasteiger partial charge is 0.0479 e. The minimum absolute atomic E-state index is 0.600. The summed E-state index contributed by atoms with van der Waals surface area (Å²) in [6.07, 6.45) is 0. The van der Waals surface area contributed by atoms with Crippen molar-refractivity contribution in [3.05, 3.63) is 0 Å². The lowest BCUT2D eigenvalue weighted by Crippen LogP contribution is -2.37. The van der Waals surface area contributed by atoms with E-state index in [1.54, 1.807) is 0 Å². The monoisotopic (exact) mass is 200 g/mol. The molecule has 0 atom stereocenters. The first-order valence-electron chi connectivity index (χ1n) is 5.71. The third-order valence-electron chi connectivity index (χ3n) is 3.78. The van der Waals surface area contributed by atoms with Gasteiger partial charge in [0.1, 0.15) is 0 Å². The largest absolute Gasteiger partial charge is 0.0654 e. The Hall–Kier alpha value is 0.217. The highest BCUT2D eigenvalue weighted by molar-refractivity contribution is 6.65. The maximum Gasteiger partial charge on any atom is 0.0479 e. The Morgan fingerprint density at radius 3 is 1.15 bits per heavy atom. The van der Waals surface area contributed by atoms with Gasteiger partial charge in [0.15, 0.2) is 0 Å². The molecule has 0 fully saturated rings. The molecule has 0 aliphatic carbocycles. The molecule has 0 aromatic rings. The van der Waals surface area contributed by atoms with Crippen molar-refractivity contribution in [2.45, 2.75) is 71.5 Å². The summed E-state index contributed by atoms with van der Waals surface area (Å²) in [5, 5.41) is 0.600. The minimum atomic E-state index is -0.647. The quantitative estimate of drug-likeness (QED) is 0.587. The van der Waals surface area contributed by atoms with E-state index in [-0.39, 0.29) is 0 Å². The maximum atomic E-state index is 2.48. The molecule has 0 unspecified atom stereocenters. The number of hydrogen-bond acceptors (Lipinski definition) is 0. The lowest BCUT2D eigenvalue weighted by atomic mass is 9.99. The van der Waals surface area contributed by atoms with Crippen LogP contribution in [0.1, 0.15) is 55.4 Å². The molecule has 0 spiro atoms. The average molecular weight is 200 g/mol.